The number of benzene rings is 1. The van der Waals surface area contributed by atoms with Gasteiger partial charge in [0, 0.05) is 44.2 Å². The van der Waals surface area contributed by atoms with E-state index in [1.807, 2.05) is 31.3 Å². The van der Waals surface area contributed by atoms with Crippen molar-refractivity contribution < 1.29 is 9.53 Å². The van der Waals surface area contributed by atoms with Crippen LogP contribution in [0.4, 0.5) is 5.69 Å². The Morgan fingerprint density at radius 3 is 2.73 bits per heavy atom. The molecule has 2 bridgehead atoms. The maximum Gasteiger partial charge on any atom is 0.232 e. The predicted octanol–water partition coefficient (Wildman–Crippen LogP) is 1.80. The Labute approximate surface area is 154 Å². The van der Waals surface area contributed by atoms with Gasteiger partial charge in [-0.05, 0) is 30.9 Å². The molecule has 3 saturated heterocycles. The van der Waals surface area contributed by atoms with Crippen molar-refractivity contribution in [1.29, 1.82) is 0 Å². The Kier molecular flexibility index (Phi) is 3.89. The molecule has 6 heteroatoms. The van der Waals surface area contributed by atoms with E-state index in [-0.39, 0.29) is 11.8 Å². The second-order valence-corrected chi connectivity index (χ2v) is 7.91. The van der Waals surface area contributed by atoms with Gasteiger partial charge in [0.15, 0.2) is 5.96 Å². The molecule has 5 rings (SSSR count). The van der Waals surface area contributed by atoms with Crippen molar-refractivity contribution in [3.63, 3.8) is 0 Å². The number of nitrogens with one attached hydrogen (secondary N) is 2. The standard InChI is InChI=1S/C20H26N4O2/c1-21-20(24-10-14-15(11-24)18-7-6-17(14)26-18)22-9-8-13-12-4-2-3-5-16(12)23-19(13)25/h2-5,13-15,17-18H,6-11H2,1H3,(H,21,22)(H,23,25). The highest BCUT2D eigenvalue weighted by molar-refractivity contribution is 6.02. The van der Waals surface area contributed by atoms with Gasteiger partial charge in [0.05, 0.1) is 18.1 Å². The van der Waals surface area contributed by atoms with Crippen LogP contribution in [0, 0.1) is 11.8 Å². The van der Waals surface area contributed by atoms with Crippen molar-refractivity contribution in [2.75, 3.05) is 32.0 Å². The molecule has 0 aromatic heterocycles. The quantitative estimate of drug-likeness (QED) is 0.642. The molecule has 138 valence electrons. The van der Waals surface area contributed by atoms with Crippen molar-refractivity contribution in [1.82, 2.24) is 10.2 Å². The summed E-state index contributed by atoms with van der Waals surface area (Å²) in [4.78, 5) is 19.1. The number of aliphatic imine (C=N–C) groups is 1. The topological polar surface area (TPSA) is 66.0 Å². The molecule has 0 radical (unpaired) electrons. The van der Waals surface area contributed by atoms with E-state index in [2.05, 4.69) is 20.5 Å². The molecule has 5 unspecified atom stereocenters. The van der Waals surface area contributed by atoms with E-state index in [4.69, 9.17) is 4.74 Å². The molecule has 4 heterocycles. The number of guanidine groups is 1. The Morgan fingerprint density at radius 1 is 1.27 bits per heavy atom. The second kappa shape index (κ2) is 6.27. The van der Waals surface area contributed by atoms with Crippen molar-refractivity contribution in [3.8, 4) is 0 Å². The molecule has 1 amide bonds. The summed E-state index contributed by atoms with van der Waals surface area (Å²) in [6.45, 7) is 2.82. The zero-order chi connectivity index (χ0) is 17.7. The summed E-state index contributed by atoms with van der Waals surface area (Å²) in [5.74, 6) is 2.33. The highest BCUT2D eigenvalue weighted by atomic mass is 16.5. The third-order valence-corrected chi connectivity index (χ3v) is 6.59. The summed E-state index contributed by atoms with van der Waals surface area (Å²) in [5.41, 5.74) is 2.06. The Hall–Kier alpha value is -2.08. The van der Waals surface area contributed by atoms with Gasteiger partial charge in [-0.1, -0.05) is 18.2 Å². The number of amides is 1. The van der Waals surface area contributed by atoms with Crippen LogP contribution < -0.4 is 10.6 Å². The number of rotatable bonds is 3. The average Bonchev–Trinajstić information content (AvgIpc) is 3.39. The van der Waals surface area contributed by atoms with Crippen molar-refractivity contribution in [2.24, 2.45) is 16.8 Å². The van der Waals surface area contributed by atoms with E-state index < -0.39 is 0 Å². The number of anilines is 1. The van der Waals surface area contributed by atoms with E-state index >= 15 is 0 Å². The lowest BCUT2D eigenvalue weighted by Gasteiger charge is -2.23. The molecule has 3 fully saturated rings. The second-order valence-electron chi connectivity index (χ2n) is 7.91. The molecule has 6 nitrogen and oxygen atoms in total. The fourth-order valence-corrected chi connectivity index (χ4v) is 5.36. The highest BCUT2D eigenvalue weighted by Gasteiger charge is 2.53. The smallest absolute Gasteiger partial charge is 0.232 e. The maximum atomic E-state index is 12.3. The van der Waals surface area contributed by atoms with Gasteiger partial charge in [-0.15, -0.1) is 0 Å². The maximum absolute atomic E-state index is 12.3. The molecule has 5 atom stereocenters. The number of hydrogen-bond acceptors (Lipinski definition) is 3. The SMILES string of the molecule is CN=C(NCCC1C(=O)Nc2ccccc21)N1CC2C3CCC(O3)C2C1. The molecular weight excluding hydrogens is 328 g/mol. The fourth-order valence-electron chi connectivity index (χ4n) is 5.36. The van der Waals surface area contributed by atoms with E-state index in [0.29, 0.717) is 24.0 Å². The fraction of sp³-hybridized carbons (Fsp3) is 0.600. The lowest BCUT2D eigenvalue weighted by atomic mass is 9.82. The van der Waals surface area contributed by atoms with Gasteiger partial charge in [-0.2, -0.15) is 0 Å². The van der Waals surface area contributed by atoms with Gasteiger partial charge in [-0.25, -0.2) is 0 Å². The van der Waals surface area contributed by atoms with E-state index in [0.717, 1.165) is 43.3 Å². The molecule has 1 aromatic carbocycles. The first kappa shape index (κ1) is 16.1. The van der Waals surface area contributed by atoms with Gasteiger partial charge in [0.25, 0.3) is 0 Å². The molecule has 26 heavy (non-hydrogen) atoms. The number of fused-ring (bicyclic) bond motifs is 6. The third kappa shape index (κ3) is 2.50. The summed E-state index contributed by atoms with van der Waals surface area (Å²) in [6.07, 6.45) is 4.15. The number of nitrogens with zero attached hydrogens (tertiary/aromatic N) is 2. The van der Waals surface area contributed by atoms with Crippen molar-refractivity contribution in [2.45, 2.75) is 37.4 Å². The summed E-state index contributed by atoms with van der Waals surface area (Å²) >= 11 is 0. The monoisotopic (exact) mass is 354 g/mol. The largest absolute Gasteiger partial charge is 0.374 e. The predicted molar refractivity (Wildman–Crippen MR) is 100 cm³/mol. The highest BCUT2D eigenvalue weighted by Crippen LogP contribution is 2.47. The van der Waals surface area contributed by atoms with Crippen LogP contribution in [0.25, 0.3) is 0 Å². The first-order valence-corrected chi connectivity index (χ1v) is 9.75. The number of ether oxygens (including phenoxy) is 1. The molecule has 1 aromatic rings. The molecule has 2 N–H and O–H groups in total. The summed E-state index contributed by atoms with van der Waals surface area (Å²) in [5, 5.41) is 6.46. The van der Waals surface area contributed by atoms with Gasteiger partial charge in [0.2, 0.25) is 5.91 Å². The zero-order valence-corrected chi connectivity index (χ0v) is 15.1. The zero-order valence-electron chi connectivity index (χ0n) is 15.1. The van der Waals surface area contributed by atoms with Gasteiger partial charge >= 0.3 is 0 Å². The molecule has 0 saturated carbocycles. The van der Waals surface area contributed by atoms with Crippen LogP contribution in [0.15, 0.2) is 29.3 Å². The van der Waals surface area contributed by atoms with E-state index in [9.17, 15) is 4.79 Å². The number of carbonyl (C=O) groups is 1. The average molecular weight is 354 g/mol. The van der Waals surface area contributed by atoms with Gasteiger partial charge in [0.1, 0.15) is 0 Å². The van der Waals surface area contributed by atoms with Crippen LogP contribution in [-0.2, 0) is 9.53 Å². The molecule has 0 spiro atoms. The summed E-state index contributed by atoms with van der Waals surface area (Å²) in [6, 6.07) is 7.98. The normalized spacial score (nSPS) is 34.8. The Bertz CT molecular complexity index is 731. The number of likely N-dealkylation sites (tertiary alicyclic amines) is 1. The number of hydrogen-bond donors (Lipinski definition) is 2. The minimum Gasteiger partial charge on any atom is -0.374 e. The molecular formula is C20H26N4O2. The van der Waals surface area contributed by atoms with Crippen LogP contribution in [0.2, 0.25) is 0 Å². The molecule has 4 aliphatic heterocycles. The Morgan fingerprint density at radius 2 is 2.00 bits per heavy atom. The van der Waals surface area contributed by atoms with Crippen LogP contribution in [0.1, 0.15) is 30.7 Å². The van der Waals surface area contributed by atoms with Crippen LogP contribution >= 0.6 is 0 Å². The number of carbonyl (C=O) groups excluding carboxylic acids is 1. The van der Waals surface area contributed by atoms with Crippen LogP contribution in [0.3, 0.4) is 0 Å². The summed E-state index contributed by atoms with van der Waals surface area (Å²) in [7, 11) is 1.85. The first-order valence-electron chi connectivity index (χ1n) is 9.75. The van der Waals surface area contributed by atoms with Crippen molar-refractivity contribution in [3.05, 3.63) is 29.8 Å². The third-order valence-electron chi connectivity index (χ3n) is 6.59. The number of para-hydroxylation sites is 1. The van der Waals surface area contributed by atoms with E-state index in [1.54, 1.807) is 0 Å². The lowest BCUT2D eigenvalue weighted by Crippen LogP contribution is -2.42. The van der Waals surface area contributed by atoms with Crippen LogP contribution in [0.5, 0.6) is 0 Å². The van der Waals surface area contributed by atoms with Gasteiger partial charge in [-0.3, -0.25) is 9.79 Å². The minimum atomic E-state index is -0.0704. The van der Waals surface area contributed by atoms with Gasteiger partial charge < -0.3 is 20.3 Å². The minimum absolute atomic E-state index is 0.0704. The lowest BCUT2D eigenvalue weighted by molar-refractivity contribution is -0.117. The molecule has 0 aliphatic carbocycles. The van der Waals surface area contributed by atoms with Crippen LogP contribution in [-0.4, -0.2) is 55.7 Å². The molecule has 4 aliphatic rings. The van der Waals surface area contributed by atoms with E-state index in [1.165, 1.54) is 12.8 Å². The van der Waals surface area contributed by atoms with Crippen molar-refractivity contribution >= 4 is 17.6 Å². The Balaban J connectivity index is 1.19. The summed E-state index contributed by atoms with van der Waals surface area (Å²) < 4.78 is 6.06. The first-order chi connectivity index (χ1) is 12.7.